The van der Waals surface area contributed by atoms with Crippen LogP contribution in [0.3, 0.4) is 0 Å². The second kappa shape index (κ2) is 12.8. The van der Waals surface area contributed by atoms with Crippen LogP contribution < -0.4 is 25.4 Å². The molecule has 2 rings (SSSR count). The molecular weight excluding hydrogens is 471 g/mol. The Labute approximate surface area is 182 Å². The number of hydrogen-bond donors (Lipinski definition) is 3. The Hall–Kier alpha value is -2.49. The molecule has 0 aliphatic heterocycles. The summed E-state index contributed by atoms with van der Waals surface area (Å²) in [6.07, 6.45) is 0. The van der Waals surface area contributed by atoms with Crippen LogP contribution >= 0.6 is 24.0 Å². The topological polar surface area (TPSA) is 84.0 Å². The Bertz CT molecular complexity index is 769. The average molecular weight is 498 g/mol. The lowest BCUT2D eigenvalue weighted by atomic mass is 10.2. The molecule has 0 atom stereocenters. The first-order valence-corrected chi connectivity index (χ1v) is 8.74. The lowest BCUT2D eigenvalue weighted by Crippen LogP contribution is -2.41. The lowest BCUT2D eigenvalue weighted by molar-refractivity contribution is -0.115. The average Bonchev–Trinajstić information content (AvgIpc) is 2.70. The molecule has 0 bridgehead atoms. The molecule has 0 saturated heterocycles. The summed E-state index contributed by atoms with van der Waals surface area (Å²) in [5.74, 6) is 1.76. The number of nitrogens with one attached hydrogen (secondary N) is 3. The number of para-hydroxylation sites is 1. The summed E-state index contributed by atoms with van der Waals surface area (Å²) in [6.45, 7) is 3.22. The molecule has 7 nitrogen and oxygen atoms in total. The Morgan fingerprint density at radius 1 is 1.00 bits per heavy atom. The Kier molecular flexibility index (Phi) is 10.8. The summed E-state index contributed by atoms with van der Waals surface area (Å²) < 4.78 is 10.5. The van der Waals surface area contributed by atoms with E-state index in [1.54, 1.807) is 14.2 Å². The van der Waals surface area contributed by atoms with Gasteiger partial charge in [-0.05, 0) is 36.8 Å². The van der Waals surface area contributed by atoms with Gasteiger partial charge in [0.25, 0.3) is 0 Å². The molecule has 28 heavy (non-hydrogen) atoms. The summed E-state index contributed by atoms with van der Waals surface area (Å²) in [4.78, 5) is 16.6. The minimum absolute atomic E-state index is 0. The Morgan fingerprint density at radius 3 is 2.36 bits per heavy atom. The van der Waals surface area contributed by atoms with Crippen molar-refractivity contribution in [3.05, 3.63) is 54.1 Å². The molecule has 0 aliphatic carbocycles. The van der Waals surface area contributed by atoms with Gasteiger partial charge in [0.2, 0.25) is 5.91 Å². The van der Waals surface area contributed by atoms with Crippen molar-refractivity contribution in [3.63, 3.8) is 0 Å². The number of rotatable bonds is 8. The molecule has 0 aromatic heterocycles. The standard InChI is InChI=1S/C20H26N4O3.HI/c1-4-21-20(23-14-19(25)24-16-8-6-5-7-9-16)22-13-15-10-11-17(26-2)18(12-15)27-3;/h5-12H,4,13-14H2,1-3H3,(H,24,25)(H2,21,22,23);1H. The van der Waals surface area contributed by atoms with Crippen molar-refractivity contribution < 1.29 is 14.3 Å². The predicted octanol–water partition coefficient (Wildman–Crippen LogP) is 3.02. The van der Waals surface area contributed by atoms with Gasteiger partial charge in [-0.3, -0.25) is 4.79 Å². The van der Waals surface area contributed by atoms with E-state index in [1.165, 1.54) is 0 Å². The third-order valence-electron chi connectivity index (χ3n) is 3.69. The van der Waals surface area contributed by atoms with Crippen LogP contribution in [0.4, 0.5) is 5.69 Å². The molecular formula is C20H27IN4O3. The van der Waals surface area contributed by atoms with Gasteiger partial charge in [-0.15, -0.1) is 24.0 Å². The molecule has 2 aromatic rings. The SMILES string of the molecule is CCNC(=NCc1ccc(OC)c(OC)c1)NCC(=O)Nc1ccccc1.I. The number of amides is 1. The number of guanidine groups is 1. The number of aliphatic imine (C=N–C) groups is 1. The third-order valence-corrected chi connectivity index (χ3v) is 3.69. The van der Waals surface area contributed by atoms with E-state index in [4.69, 9.17) is 9.47 Å². The number of anilines is 1. The summed E-state index contributed by atoms with van der Waals surface area (Å²) in [5, 5.41) is 8.99. The predicted molar refractivity (Wildman–Crippen MR) is 123 cm³/mol. The van der Waals surface area contributed by atoms with E-state index in [0.29, 0.717) is 30.5 Å². The second-order valence-corrected chi connectivity index (χ2v) is 5.65. The molecule has 152 valence electrons. The first kappa shape index (κ1) is 23.5. The summed E-state index contributed by atoms with van der Waals surface area (Å²) in [5.41, 5.74) is 1.73. The Balaban J connectivity index is 0.00000392. The molecule has 0 fully saturated rings. The van der Waals surface area contributed by atoms with Crippen LogP contribution in [0.5, 0.6) is 11.5 Å². The molecule has 2 aromatic carbocycles. The van der Waals surface area contributed by atoms with Gasteiger partial charge in [-0.2, -0.15) is 0 Å². The molecule has 3 N–H and O–H groups in total. The smallest absolute Gasteiger partial charge is 0.243 e. The molecule has 0 spiro atoms. The van der Waals surface area contributed by atoms with Crippen LogP contribution in [0.2, 0.25) is 0 Å². The van der Waals surface area contributed by atoms with Gasteiger partial charge in [0.05, 0.1) is 27.3 Å². The van der Waals surface area contributed by atoms with Crippen LogP contribution in [0.25, 0.3) is 0 Å². The number of carbonyl (C=O) groups excluding carboxylic acids is 1. The zero-order valence-corrected chi connectivity index (χ0v) is 18.7. The zero-order valence-electron chi connectivity index (χ0n) is 16.3. The maximum absolute atomic E-state index is 12.1. The van der Waals surface area contributed by atoms with E-state index in [2.05, 4.69) is 20.9 Å². The van der Waals surface area contributed by atoms with Crippen LogP contribution in [-0.2, 0) is 11.3 Å². The van der Waals surface area contributed by atoms with Gasteiger partial charge < -0.3 is 25.4 Å². The molecule has 0 unspecified atom stereocenters. The van der Waals surface area contributed by atoms with Crippen molar-refractivity contribution in [1.82, 2.24) is 10.6 Å². The van der Waals surface area contributed by atoms with Gasteiger partial charge >= 0.3 is 0 Å². The normalized spacial score (nSPS) is 10.5. The number of benzene rings is 2. The van der Waals surface area contributed by atoms with E-state index in [-0.39, 0.29) is 36.4 Å². The minimum Gasteiger partial charge on any atom is -0.493 e. The van der Waals surface area contributed by atoms with Crippen LogP contribution in [-0.4, -0.2) is 39.2 Å². The molecule has 0 heterocycles. The molecule has 0 radical (unpaired) electrons. The fourth-order valence-electron chi connectivity index (χ4n) is 2.38. The highest BCUT2D eigenvalue weighted by atomic mass is 127. The highest BCUT2D eigenvalue weighted by Gasteiger charge is 2.06. The van der Waals surface area contributed by atoms with E-state index < -0.39 is 0 Å². The fourth-order valence-corrected chi connectivity index (χ4v) is 2.38. The molecule has 8 heteroatoms. The van der Waals surface area contributed by atoms with Crippen molar-refractivity contribution in [3.8, 4) is 11.5 Å². The third kappa shape index (κ3) is 7.63. The fraction of sp³-hybridized carbons (Fsp3) is 0.300. The number of hydrogen-bond acceptors (Lipinski definition) is 4. The maximum atomic E-state index is 12.1. The van der Waals surface area contributed by atoms with E-state index in [1.807, 2.05) is 55.5 Å². The number of methoxy groups -OCH3 is 2. The van der Waals surface area contributed by atoms with Gasteiger partial charge in [0.15, 0.2) is 17.5 Å². The minimum atomic E-state index is -0.141. The summed E-state index contributed by atoms with van der Waals surface area (Å²) >= 11 is 0. The van der Waals surface area contributed by atoms with Gasteiger partial charge in [-0.25, -0.2) is 4.99 Å². The van der Waals surface area contributed by atoms with Crippen LogP contribution in [0.15, 0.2) is 53.5 Å². The first-order valence-electron chi connectivity index (χ1n) is 8.74. The summed E-state index contributed by atoms with van der Waals surface area (Å²) in [7, 11) is 3.20. The van der Waals surface area contributed by atoms with Crippen molar-refractivity contribution in [2.45, 2.75) is 13.5 Å². The van der Waals surface area contributed by atoms with Crippen molar-refractivity contribution in [2.75, 3.05) is 32.6 Å². The highest BCUT2D eigenvalue weighted by molar-refractivity contribution is 14.0. The van der Waals surface area contributed by atoms with Crippen molar-refractivity contribution in [1.29, 1.82) is 0 Å². The molecule has 0 aliphatic rings. The quantitative estimate of drug-likeness (QED) is 0.296. The van der Waals surface area contributed by atoms with Crippen molar-refractivity contribution in [2.24, 2.45) is 4.99 Å². The van der Waals surface area contributed by atoms with Crippen LogP contribution in [0.1, 0.15) is 12.5 Å². The lowest BCUT2D eigenvalue weighted by Gasteiger charge is -2.12. The Morgan fingerprint density at radius 2 is 1.71 bits per heavy atom. The van der Waals surface area contributed by atoms with Crippen molar-refractivity contribution >= 4 is 41.5 Å². The van der Waals surface area contributed by atoms with Gasteiger partial charge in [0.1, 0.15) is 0 Å². The zero-order chi connectivity index (χ0) is 19.5. The highest BCUT2D eigenvalue weighted by Crippen LogP contribution is 2.27. The first-order chi connectivity index (χ1) is 13.2. The van der Waals surface area contributed by atoms with Crippen LogP contribution in [0, 0.1) is 0 Å². The number of nitrogens with zero attached hydrogens (tertiary/aromatic N) is 1. The van der Waals surface area contributed by atoms with E-state index in [0.717, 1.165) is 11.3 Å². The largest absolute Gasteiger partial charge is 0.493 e. The summed E-state index contributed by atoms with van der Waals surface area (Å²) in [6, 6.07) is 15.0. The van der Waals surface area contributed by atoms with E-state index in [9.17, 15) is 4.79 Å². The van der Waals surface area contributed by atoms with Gasteiger partial charge in [-0.1, -0.05) is 24.3 Å². The molecule has 1 amide bonds. The molecule has 0 saturated carbocycles. The maximum Gasteiger partial charge on any atom is 0.243 e. The number of carbonyl (C=O) groups is 1. The number of halogens is 1. The van der Waals surface area contributed by atoms with E-state index >= 15 is 0 Å². The second-order valence-electron chi connectivity index (χ2n) is 5.65. The van der Waals surface area contributed by atoms with Gasteiger partial charge in [0, 0.05) is 12.2 Å². The number of ether oxygens (including phenoxy) is 2. The monoisotopic (exact) mass is 498 g/mol.